The van der Waals surface area contributed by atoms with Crippen LogP contribution < -0.4 is 9.86 Å². The average molecular weight is 366 g/mol. The second-order valence-electron chi connectivity index (χ2n) is 5.27. The maximum atomic E-state index is 12.0. The predicted octanol–water partition coefficient (Wildman–Crippen LogP) is 1.73. The lowest BCUT2D eigenvalue weighted by molar-refractivity contribution is 0.590. The molecule has 3 N–H and O–H groups in total. The lowest BCUT2D eigenvalue weighted by atomic mass is 10.2. The molecule has 0 aromatic heterocycles. The highest BCUT2D eigenvalue weighted by molar-refractivity contribution is 7.92. The molecule has 0 heterocycles. The molecule has 0 saturated carbocycles. The van der Waals surface area contributed by atoms with Crippen LogP contribution in [0.5, 0.6) is 0 Å². The van der Waals surface area contributed by atoms with E-state index in [0.717, 1.165) is 16.5 Å². The Morgan fingerprint density at radius 3 is 2.33 bits per heavy atom. The molecule has 0 aliphatic carbocycles. The Morgan fingerprint density at radius 1 is 1.04 bits per heavy atom. The third kappa shape index (κ3) is 5.57. The number of rotatable bonds is 6. The zero-order valence-corrected chi connectivity index (χ0v) is 14.6. The summed E-state index contributed by atoms with van der Waals surface area (Å²) >= 11 is 0. The topological polar surface area (TPSA) is 106 Å². The molecule has 2 aromatic carbocycles. The van der Waals surface area contributed by atoms with Crippen LogP contribution in [-0.2, 0) is 26.6 Å². The molecule has 0 unspecified atom stereocenters. The van der Waals surface area contributed by atoms with Crippen LogP contribution in [0.4, 0.5) is 0 Å². The van der Waals surface area contributed by atoms with E-state index in [1.54, 1.807) is 6.07 Å². The number of primary sulfonamides is 1. The molecule has 0 aliphatic rings. The Balaban J connectivity index is 2.06. The summed E-state index contributed by atoms with van der Waals surface area (Å²) in [6.45, 7) is 1.91. The summed E-state index contributed by atoms with van der Waals surface area (Å²) in [4.78, 5) is -0.0607. The largest absolute Gasteiger partial charge is 0.238 e. The minimum absolute atomic E-state index is 0.0378. The summed E-state index contributed by atoms with van der Waals surface area (Å²) in [6.07, 6.45) is 1.49. The van der Waals surface area contributed by atoms with Crippen LogP contribution in [-0.4, -0.2) is 16.8 Å². The van der Waals surface area contributed by atoms with Gasteiger partial charge in [0.1, 0.15) is 0 Å². The molecule has 128 valence electrons. The number of hydrogen-bond donors (Lipinski definition) is 2. The molecular formula is C16H18N2O4S2. The van der Waals surface area contributed by atoms with Crippen LogP contribution >= 0.6 is 0 Å². The van der Waals surface area contributed by atoms with Gasteiger partial charge in [-0.25, -0.2) is 26.7 Å². The van der Waals surface area contributed by atoms with Crippen molar-refractivity contribution in [3.05, 3.63) is 70.6 Å². The first kappa shape index (κ1) is 18.3. The van der Waals surface area contributed by atoms with Crippen LogP contribution in [0, 0.1) is 6.92 Å². The average Bonchev–Trinajstić information content (AvgIpc) is 2.52. The Bertz CT molecular complexity index is 948. The Labute approximate surface area is 142 Å². The van der Waals surface area contributed by atoms with Crippen molar-refractivity contribution in [2.45, 2.75) is 18.4 Å². The number of nitrogens with one attached hydrogen (secondary N) is 1. The van der Waals surface area contributed by atoms with Crippen molar-refractivity contribution >= 4 is 26.1 Å². The lowest BCUT2D eigenvalue weighted by Crippen LogP contribution is -2.21. The molecule has 2 rings (SSSR count). The van der Waals surface area contributed by atoms with E-state index in [1.165, 1.54) is 24.3 Å². The Kier molecular flexibility index (Phi) is 5.55. The summed E-state index contributed by atoms with van der Waals surface area (Å²) in [5.41, 5.74) is 2.35. The summed E-state index contributed by atoms with van der Waals surface area (Å²) in [5.74, 6) is 0. The molecule has 0 fully saturated rings. The first-order valence-corrected chi connectivity index (χ1v) is 10.1. The molecule has 0 amide bonds. The smallest absolute Gasteiger partial charge is 0.225 e. The van der Waals surface area contributed by atoms with Gasteiger partial charge < -0.3 is 0 Å². The monoisotopic (exact) mass is 366 g/mol. The van der Waals surface area contributed by atoms with Crippen molar-refractivity contribution in [1.82, 2.24) is 4.72 Å². The van der Waals surface area contributed by atoms with Gasteiger partial charge >= 0.3 is 0 Å². The third-order valence-electron chi connectivity index (χ3n) is 3.22. The number of hydrogen-bond acceptors (Lipinski definition) is 4. The summed E-state index contributed by atoms with van der Waals surface area (Å²) in [6, 6.07) is 13.2. The second kappa shape index (κ2) is 7.27. The summed E-state index contributed by atoms with van der Waals surface area (Å²) in [5, 5.41) is 6.12. The van der Waals surface area contributed by atoms with Gasteiger partial charge in [-0.05, 0) is 36.3 Å². The van der Waals surface area contributed by atoms with E-state index in [-0.39, 0.29) is 11.4 Å². The zero-order valence-electron chi connectivity index (χ0n) is 13.0. The molecular weight excluding hydrogens is 348 g/mol. The molecule has 2 aromatic rings. The maximum absolute atomic E-state index is 12.0. The van der Waals surface area contributed by atoms with E-state index in [9.17, 15) is 16.8 Å². The predicted molar refractivity (Wildman–Crippen MR) is 93.8 cm³/mol. The number of nitrogens with two attached hydrogens (primary N) is 1. The second-order valence-corrected chi connectivity index (χ2v) is 8.48. The van der Waals surface area contributed by atoms with Crippen molar-refractivity contribution in [1.29, 1.82) is 0 Å². The van der Waals surface area contributed by atoms with Crippen LogP contribution in [0.15, 0.2) is 58.8 Å². The number of aryl methyl sites for hydroxylation is 1. The van der Waals surface area contributed by atoms with Crippen molar-refractivity contribution in [2.75, 3.05) is 0 Å². The lowest BCUT2D eigenvalue weighted by Gasteiger charge is -2.05. The molecule has 6 nitrogen and oxygen atoms in total. The van der Waals surface area contributed by atoms with Gasteiger partial charge in [-0.1, -0.05) is 42.0 Å². The Hall–Kier alpha value is -2.00. The van der Waals surface area contributed by atoms with E-state index >= 15 is 0 Å². The first-order chi connectivity index (χ1) is 11.2. The SMILES string of the molecule is Cc1ccc(/C=C/S(=O)(=O)NCc2cccc(S(N)(=O)=O)c2)cc1. The molecule has 8 heteroatoms. The molecule has 0 atom stereocenters. The van der Waals surface area contributed by atoms with Gasteiger partial charge in [0.25, 0.3) is 0 Å². The van der Waals surface area contributed by atoms with Crippen LogP contribution in [0.2, 0.25) is 0 Å². The van der Waals surface area contributed by atoms with E-state index in [2.05, 4.69) is 4.72 Å². The third-order valence-corrected chi connectivity index (χ3v) is 5.17. The maximum Gasteiger partial charge on any atom is 0.238 e. The minimum atomic E-state index is -3.82. The van der Waals surface area contributed by atoms with Gasteiger partial charge in [0.05, 0.1) is 4.90 Å². The van der Waals surface area contributed by atoms with Crippen LogP contribution in [0.3, 0.4) is 0 Å². The molecule has 0 aliphatic heterocycles. The molecule has 24 heavy (non-hydrogen) atoms. The number of sulfonamides is 2. The van der Waals surface area contributed by atoms with Gasteiger partial charge in [-0.2, -0.15) is 0 Å². The van der Waals surface area contributed by atoms with E-state index < -0.39 is 20.0 Å². The fourth-order valence-corrected chi connectivity index (χ4v) is 3.29. The fraction of sp³-hybridized carbons (Fsp3) is 0.125. The number of benzene rings is 2. The van der Waals surface area contributed by atoms with E-state index in [0.29, 0.717) is 5.56 Å². The normalized spacial score (nSPS) is 12.6. The van der Waals surface area contributed by atoms with Gasteiger partial charge in [0.2, 0.25) is 20.0 Å². The van der Waals surface area contributed by atoms with Crippen LogP contribution in [0.1, 0.15) is 16.7 Å². The Morgan fingerprint density at radius 2 is 1.71 bits per heavy atom. The van der Waals surface area contributed by atoms with Crippen LogP contribution in [0.25, 0.3) is 6.08 Å². The zero-order chi connectivity index (χ0) is 17.8. The summed E-state index contributed by atoms with van der Waals surface area (Å²) in [7, 11) is -7.47. The molecule has 0 bridgehead atoms. The van der Waals surface area contributed by atoms with Gasteiger partial charge in [0, 0.05) is 12.0 Å². The van der Waals surface area contributed by atoms with Crippen molar-refractivity contribution in [2.24, 2.45) is 5.14 Å². The highest BCUT2D eigenvalue weighted by Crippen LogP contribution is 2.10. The molecule has 0 radical (unpaired) electrons. The first-order valence-electron chi connectivity index (χ1n) is 7.02. The van der Waals surface area contributed by atoms with Crippen molar-refractivity contribution in [3.8, 4) is 0 Å². The van der Waals surface area contributed by atoms with Gasteiger partial charge in [0.15, 0.2) is 0 Å². The van der Waals surface area contributed by atoms with E-state index in [1.807, 2.05) is 31.2 Å². The molecule has 0 spiro atoms. The van der Waals surface area contributed by atoms with Crippen molar-refractivity contribution in [3.63, 3.8) is 0 Å². The van der Waals surface area contributed by atoms with Gasteiger partial charge in [-0.15, -0.1) is 0 Å². The van der Waals surface area contributed by atoms with E-state index in [4.69, 9.17) is 5.14 Å². The molecule has 0 saturated heterocycles. The van der Waals surface area contributed by atoms with Gasteiger partial charge in [-0.3, -0.25) is 0 Å². The highest BCUT2D eigenvalue weighted by atomic mass is 32.2. The fourth-order valence-electron chi connectivity index (χ4n) is 1.91. The highest BCUT2D eigenvalue weighted by Gasteiger charge is 2.09. The minimum Gasteiger partial charge on any atom is -0.225 e. The standard InChI is InChI=1S/C16H18N2O4S2/c1-13-5-7-14(8-6-13)9-10-23(19,20)18-12-15-3-2-4-16(11-15)24(17,21)22/h2-11,18H,12H2,1H3,(H2,17,21,22)/b10-9+. The summed E-state index contributed by atoms with van der Waals surface area (Å²) < 4.78 is 49.0. The quantitative estimate of drug-likeness (QED) is 0.812. The van der Waals surface area contributed by atoms with Crippen molar-refractivity contribution < 1.29 is 16.8 Å².